The van der Waals surface area contributed by atoms with E-state index in [1.54, 1.807) is 12.1 Å². The molecule has 0 spiro atoms. The highest BCUT2D eigenvalue weighted by Gasteiger charge is 2.36. The van der Waals surface area contributed by atoms with Crippen LogP contribution < -0.4 is 4.74 Å². The number of halogens is 3. The Morgan fingerprint density at radius 1 is 1.17 bits per heavy atom. The molecule has 0 saturated carbocycles. The van der Waals surface area contributed by atoms with E-state index < -0.39 is 34.3 Å². The van der Waals surface area contributed by atoms with Crippen LogP contribution in [0.5, 0.6) is 5.75 Å². The molecule has 1 atom stereocenters. The van der Waals surface area contributed by atoms with Gasteiger partial charge in [-0.05, 0) is 62.2 Å². The predicted octanol–water partition coefficient (Wildman–Crippen LogP) is 4.71. The first-order chi connectivity index (χ1) is 16.4. The smallest absolute Gasteiger partial charge is 0.416 e. The largest absolute Gasteiger partial charge is 0.491 e. The first-order valence-corrected chi connectivity index (χ1v) is 12.5. The number of sulfonamides is 1. The van der Waals surface area contributed by atoms with Crippen LogP contribution in [0.4, 0.5) is 13.2 Å². The molecule has 7 nitrogen and oxygen atoms in total. The minimum atomic E-state index is -4.57. The third-order valence-electron chi connectivity index (χ3n) is 5.97. The second-order valence-corrected chi connectivity index (χ2v) is 10.8. The molecule has 35 heavy (non-hydrogen) atoms. The molecule has 11 heteroatoms. The molecule has 1 N–H and O–H groups in total. The number of carboxylic acid groups (broad SMARTS) is 1. The average Bonchev–Trinajstić information content (AvgIpc) is 3.38. The molecule has 0 bridgehead atoms. The first kappa shape index (κ1) is 25.1. The topological polar surface area (TPSA) is 88.8 Å². The summed E-state index contributed by atoms with van der Waals surface area (Å²) in [7, 11) is -3.79. The molecule has 1 aliphatic heterocycles. The van der Waals surface area contributed by atoms with Gasteiger partial charge in [0.25, 0.3) is 0 Å². The number of aliphatic carboxylic acids is 1. The van der Waals surface area contributed by atoms with Gasteiger partial charge in [0, 0.05) is 36.1 Å². The van der Waals surface area contributed by atoms with Crippen molar-refractivity contribution < 1.29 is 36.2 Å². The van der Waals surface area contributed by atoms with Crippen LogP contribution in [0.25, 0.3) is 10.9 Å². The van der Waals surface area contributed by atoms with Crippen molar-refractivity contribution in [2.75, 3.05) is 13.1 Å². The van der Waals surface area contributed by atoms with E-state index in [2.05, 4.69) is 0 Å². The fourth-order valence-electron chi connectivity index (χ4n) is 4.41. The van der Waals surface area contributed by atoms with E-state index >= 15 is 0 Å². The molecular formula is C24H25F3N2O5S. The third kappa shape index (κ3) is 5.15. The fourth-order valence-corrected chi connectivity index (χ4v) is 5.91. The Hall–Kier alpha value is -3.05. The van der Waals surface area contributed by atoms with Crippen molar-refractivity contribution >= 4 is 26.9 Å². The molecule has 0 amide bonds. The zero-order chi connectivity index (χ0) is 25.5. The summed E-state index contributed by atoms with van der Waals surface area (Å²) in [5.74, 6) is -0.920. The third-order valence-corrected chi connectivity index (χ3v) is 7.85. The number of benzene rings is 2. The highest BCUT2D eigenvalue weighted by atomic mass is 32.2. The Bertz CT molecular complexity index is 1350. The number of fused-ring (bicyclic) bond motifs is 1. The number of aromatic nitrogens is 1. The molecular weight excluding hydrogens is 485 g/mol. The Morgan fingerprint density at radius 3 is 2.46 bits per heavy atom. The van der Waals surface area contributed by atoms with Crippen molar-refractivity contribution in [2.45, 2.75) is 49.9 Å². The lowest BCUT2D eigenvalue weighted by molar-refractivity contribution is -0.138. The predicted molar refractivity (Wildman–Crippen MR) is 123 cm³/mol. The highest BCUT2D eigenvalue weighted by molar-refractivity contribution is 7.89. The van der Waals surface area contributed by atoms with Crippen LogP contribution in [0.2, 0.25) is 0 Å². The Kier molecular flexibility index (Phi) is 6.58. The first-order valence-electron chi connectivity index (χ1n) is 11.0. The molecule has 3 aromatic rings. The summed E-state index contributed by atoms with van der Waals surface area (Å²) in [6, 6.07) is 9.38. The lowest BCUT2D eigenvalue weighted by Crippen LogP contribution is -2.28. The molecule has 2 heterocycles. The van der Waals surface area contributed by atoms with Crippen molar-refractivity contribution in [2.24, 2.45) is 0 Å². The Balaban J connectivity index is 1.63. The zero-order valence-electron chi connectivity index (χ0n) is 19.1. The van der Waals surface area contributed by atoms with E-state index in [0.717, 1.165) is 12.1 Å². The van der Waals surface area contributed by atoms with Crippen LogP contribution in [-0.4, -0.2) is 47.6 Å². The van der Waals surface area contributed by atoms with Gasteiger partial charge in [-0.3, -0.25) is 4.79 Å². The van der Waals surface area contributed by atoms with Crippen molar-refractivity contribution in [1.82, 2.24) is 8.87 Å². The number of alkyl halides is 3. The summed E-state index contributed by atoms with van der Waals surface area (Å²) >= 11 is 0. The summed E-state index contributed by atoms with van der Waals surface area (Å²) < 4.78 is 74.3. The molecule has 1 aromatic heterocycles. The second-order valence-electron chi connectivity index (χ2n) is 8.82. The lowest BCUT2D eigenvalue weighted by atomic mass is 9.97. The average molecular weight is 511 g/mol. The minimum absolute atomic E-state index is 0.0488. The van der Waals surface area contributed by atoms with Gasteiger partial charge in [-0.15, -0.1) is 0 Å². The van der Waals surface area contributed by atoms with Gasteiger partial charge >= 0.3 is 12.1 Å². The summed E-state index contributed by atoms with van der Waals surface area (Å²) in [5, 5.41) is 9.72. The van der Waals surface area contributed by atoms with Crippen LogP contribution >= 0.6 is 0 Å². The number of hydrogen-bond donors (Lipinski definition) is 1. The van der Waals surface area contributed by atoms with Crippen molar-refractivity contribution in [3.63, 3.8) is 0 Å². The quantitative estimate of drug-likeness (QED) is 0.497. The lowest BCUT2D eigenvalue weighted by Gasteiger charge is -2.17. The van der Waals surface area contributed by atoms with Gasteiger partial charge < -0.3 is 14.4 Å². The van der Waals surface area contributed by atoms with Gasteiger partial charge in [0.15, 0.2) is 0 Å². The maximum Gasteiger partial charge on any atom is 0.416 e. The van der Waals surface area contributed by atoms with Crippen LogP contribution in [0.3, 0.4) is 0 Å². The van der Waals surface area contributed by atoms with E-state index in [-0.39, 0.29) is 35.5 Å². The SMILES string of the molecule is CC(C)Oc1ccc(S(=O)(=O)N2CCC(c3cn(CC(=O)O)c4cc(C(F)(F)F)ccc34)C2)cc1. The van der Waals surface area contributed by atoms with E-state index in [1.807, 2.05) is 13.8 Å². The maximum absolute atomic E-state index is 13.2. The molecule has 1 aliphatic rings. The number of hydrogen-bond acceptors (Lipinski definition) is 4. The highest BCUT2D eigenvalue weighted by Crippen LogP contribution is 2.38. The van der Waals surface area contributed by atoms with Crippen molar-refractivity contribution in [3.8, 4) is 5.75 Å². The van der Waals surface area contributed by atoms with Gasteiger partial charge in [-0.25, -0.2) is 8.42 Å². The standard InChI is InChI=1S/C24H25F3N2O5S/c1-15(2)34-18-4-6-19(7-5-18)35(32,33)29-10-9-16(12-29)21-13-28(14-23(30)31)22-11-17(24(25,26)27)3-8-20(21)22/h3-8,11,13,15-16H,9-10,12,14H2,1-2H3,(H,30,31). The molecule has 2 aromatic carbocycles. The van der Waals surface area contributed by atoms with E-state index in [0.29, 0.717) is 23.1 Å². The normalized spacial score (nSPS) is 17.4. The van der Waals surface area contributed by atoms with Gasteiger partial charge in [-0.1, -0.05) is 6.07 Å². The van der Waals surface area contributed by atoms with E-state index in [4.69, 9.17) is 4.74 Å². The zero-order valence-corrected chi connectivity index (χ0v) is 19.9. The second kappa shape index (κ2) is 9.19. The molecule has 188 valence electrons. The summed E-state index contributed by atoms with van der Waals surface area (Å²) in [6.45, 7) is 3.61. The number of nitrogens with zero attached hydrogens (tertiary/aromatic N) is 2. The van der Waals surface area contributed by atoms with Crippen LogP contribution in [-0.2, 0) is 27.5 Å². The van der Waals surface area contributed by atoms with Crippen molar-refractivity contribution in [3.05, 3.63) is 59.8 Å². The van der Waals surface area contributed by atoms with E-state index in [1.165, 1.54) is 33.3 Å². The molecule has 4 rings (SSSR count). The fraction of sp³-hybridized carbons (Fsp3) is 0.375. The van der Waals surface area contributed by atoms with Gasteiger partial charge in [0.1, 0.15) is 12.3 Å². The summed E-state index contributed by atoms with van der Waals surface area (Å²) in [4.78, 5) is 11.4. The number of carbonyl (C=O) groups is 1. The Labute approximate surface area is 200 Å². The van der Waals surface area contributed by atoms with E-state index in [9.17, 15) is 31.5 Å². The molecule has 1 fully saturated rings. The molecule has 0 radical (unpaired) electrons. The molecule has 0 aliphatic carbocycles. The monoisotopic (exact) mass is 510 g/mol. The van der Waals surface area contributed by atoms with Gasteiger partial charge in [0.05, 0.1) is 16.6 Å². The van der Waals surface area contributed by atoms with Gasteiger partial charge in [0.2, 0.25) is 10.0 Å². The molecule has 1 saturated heterocycles. The van der Waals surface area contributed by atoms with Crippen molar-refractivity contribution in [1.29, 1.82) is 0 Å². The number of rotatable bonds is 7. The van der Waals surface area contributed by atoms with Crippen LogP contribution in [0.15, 0.2) is 53.6 Å². The van der Waals surface area contributed by atoms with Crippen LogP contribution in [0, 0.1) is 0 Å². The Morgan fingerprint density at radius 2 is 1.86 bits per heavy atom. The maximum atomic E-state index is 13.2. The molecule has 1 unspecified atom stereocenters. The minimum Gasteiger partial charge on any atom is -0.491 e. The number of ether oxygens (including phenoxy) is 1. The summed E-state index contributed by atoms with van der Waals surface area (Å²) in [5.41, 5.74) is -0.0885. The number of carboxylic acids is 1. The van der Waals surface area contributed by atoms with Gasteiger partial charge in [-0.2, -0.15) is 17.5 Å². The van der Waals surface area contributed by atoms with Crippen LogP contribution in [0.1, 0.15) is 37.3 Å². The summed E-state index contributed by atoms with van der Waals surface area (Å²) in [6.07, 6.45) is -2.63.